The molecule has 0 aliphatic heterocycles. The van der Waals surface area contributed by atoms with Crippen molar-refractivity contribution in [2.24, 2.45) is 0 Å². The number of nitrogens with one attached hydrogen (secondary N) is 2. The van der Waals surface area contributed by atoms with Gasteiger partial charge in [-0.15, -0.1) is 0 Å². The first-order valence-corrected chi connectivity index (χ1v) is 2.40. The Labute approximate surface area is 53.9 Å². The molecule has 0 aromatic rings. The predicted molar refractivity (Wildman–Crippen MR) is 32.8 cm³/mol. The van der Waals surface area contributed by atoms with Crippen molar-refractivity contribution < 1.29 is 9.53 Å². The number of carbonyl (C=O) groups is 1. The summed E-state index contributed by atoms with van der Waals surface area (Å²) in [4.78, 5) is 9.82. The summed E-state index contributed by atoms with van der Waals surface area (Å²) in [6.45, 7) is 3.65. The lowest BCUT2D eigenvalue weighted by molar-refractivity contribution is -0.140. The van der Waals surface area contributed by atoms with Crippen molar-refractivity contribution in [1.29, 1.82) is 10.8 Å². The van der Waals surface area contributed by atoms with E-state index in [1.165, 1.54) is 12.9 Å². The van der Waals surface area contributed by atoms with Gasteiger partial charge in [0.1, 0.15) is 0 Å². The molecule has 0 aliphatic rings. The third kappa shape index (κ3) is 47.1. The van der Waals surface area contributed by atoms with E-state index in [9.17, 15) is 4.79 Å². The highest BCUT2D eigenvalue weighted by Gasteiger charge is 1.81. The van der Waals surface area contributed by atoms with Crippen molar-refractivity contribution in [3.8, 4) is 0 Å². The van der Waals surface area contributed by atoms with Gasteiger partial charge in [-0.2, -0.15) is 0 Å². The SMILES string of the molecule is CCOC(C)=O.N=C=N. The Morgan fingerprint density at radius 2 is 2.00 bits per heavy atom. The van der Waals surface area contributed by atoms with E-state index in [4.69, 9.17) is 10.8 Å². The summed E-state index contributed by atoms with van der Waals surface area (Å²) in [5, 5.41) is 11.2. The predicted octanol–water partition coefficient (Wildman–Crippen LogP) is 0.887. The second kappa shape index (κ2) is 9.97. The number of carbonyl (C=O) groups excluding carboxylic acids is 1. The Balaban J connectivity index is 0. The van der Waals surface area contributed by atoms with Crippen molar-refractivity contribution in [2.75, 3.05) is 6.61 Å². The summed E-state index contributed by atoms with van der Waals surface area (Å²) < 4.78 is 4.40. The first-order valence-electron chi connectivity index (χ1n) is 2.40. The molecule has 0 saturated carbocycles. The first-order chi connectivity index (χ1) is 4.18. The minimum Gasteiger partial charge on any atom is -0.466 e. The monoisotopic (exact) mass is 130 g/mol. The summed E-state index contributed by atoms with van der Waals surface area (Å²) in [6.07, 6.45) is 0. The summed E-state index contributed by atoms with van der Waals surface area (Å²) in [5.41, 5.74) is 0. The van der Waals surface area contributed by atoms with Crippen LogP contribution in [0.25, 0.3) is 0 Å². The molecule has 0 saturated heterocycles. The molecule has 2 N–H and O–H groups in total. The Hall–Kier alpha value is -1.15. The minimum atomic E-state index is -0.211. The molecule has 4 heteroatoms. The molecule has 9 heavy (non-hydrogen) atoms. The Morgan fingerprint density at radius 3 is 2.00 bits per heavy atom. The van der Waals surface area contributed by atoms with Gasteiger partial charge in [0.15, 0.2) is 0 Å². The second-order valence-electron chi connectivity index (χ2n) is 1.05. The van der Waals surface area contributed by atoms with Gasteiger partial charge in [0.25, 0.3) is 0 Å². The van der Waals surface area contributed by atoms with Crippen LogP contribution in [0.1, 0.15) is 13.8 Å². The molecule has 0 radical (unpaired) electrons. The van der Waals surface area contributed by atoms with E-state index in [1.807, 2.05) is 0 Å². The molecule has 4 nitrogen and oxygen atoms in total. The lowest BCUT2D eigenvalue weighted by Gasteiger charge is -1.89. The van der Waals surface area contributed by atoms with Crippen molar-refractivity contribution >= 4 is 12.0 Å². The zero-order valence-corrected chi connectivity index (χ0v) is 5.52. The van der Waals surface area contributed by atoms with E-state index in [-0.39, 0.29) is 5.97 Å². The average molecular weight is 130 g/mol. The first kappa shape index (κ1) is 10.8. The van der Waals surface area contributed by atoms with Crippen LogP contribution in [0.4, 0.5) is 0 Å². The van der Waals surface area contributed by atoms with Gasteiger partial charge in [-0.25, -0.2) is 10.8 Å². The van der Waals surface area contributed by atoms with E-state index in [0.29, 0.717) is 6.61 Å². The van der Waals surface area contributed by atoms with Gasteiger partial charge in [0.05, 0.1) is 12.6 Å². The van der Waals surface area contributed by atoms with Crippen LogP contribution >= 0.6 is 0 Å². The molecule has 52 valence electrons. The van der Waals surface area contributed by atoms with Crippen molar-refractivity contribution in [2.45, 2.75) is 13.8 Å². The fourth-order valence-corrected chi connectivity index (χ4v) is 0.203. The zero-order valence-electron chi connectivity index (χ0n) is 5.52. The summed E-state index contributed by atoms with van der Waals surface area (Å²) in [6, 6.07) is 1.25. The van der Waals surface area contributed by atoms with Crippen molar-refractivity contribution in [1.82, 2.24) is 0 Å². The quantitative estimate of drug-likeness (QED) is 0.408. The maximum absolute atomic E-state index is 9.82. The normalized spacial score (nSPS) is 6.00. The van der Waals surface area contributed by atoms with Gasteiger partial charge < -0.3 is 4.74 Å². The number of hydrogen-bond donors (Lipinski definition) is 2. The van der Waals surface area contributed by atoms with Crippen LogP contribution in [0.3, 0.4) is 0 Å². The van der Waals surface area contributed by atoms with Crippen LogP contribution < -0.4 is 0 Å². The van der Waals surface area contributed by atoms with Crippen LogP contribution in [-0.2, 0) is 9.53 Å². The Bertz CT molecular complexity index is 106. The second-order valence-corrected chi connectivity index (χ2v) is 1.05. The van der Waals surface area contributed by atoms with E-state index in [1.54, 1.807) is 6.92 Å². The maximum Gasteiger partial charge on any atom is 0.302 e. The third-order valence-corrected chi connectivity index (χ3v) is 0.348. The van der Waals surface area contributed by atoms with Crippen LogP contribution in [0.15, 0.2) is 0 Å². The molecular weight excluding hydrogens is 120 g/mol. The molecule has 0 aromatic heterocycles. The largest absolute Gasteiger partial charge is 0.466 e. The molecule has 0 aromatic carbocycles. The molecule has 0 heterocycles. The van der Waals surface area contributed by atoms with Crippen LogP contribution in [-0.4, -0.2) is 18.6 Å². The van der Waals surface area contributed by atoms with E-state index >= 15 is 0 Å². The van der Waals surface area contributed by atoms with Crippen LogP contribution in [0, 0.1) is 10.8 Å². The molecule has 0 bridgehead atoms. The number of esters is 1. The van der Waals surface area contributed by atoms with Gasteiger partial charge in [-0.1, -0.05) is 0 Å². The molecular formula is C5H10N2O2. The topological polar surface area (TPSA) is 74.0 Å². The van der Waals surface area contributed by atoms with Crippen molar-refractivity contribution in [3.05, 3.63) is 0 Å². The fraction of sp³-hybridized carbons (Fsp3) is 0.600. The summed E-state index contributed by atoms with van der Waals surface area (Å²) >= 11 is 0. The molecule has 0 spiro atoms. The number of ether oxygens (including phenoxy) is 1. The Kier molecular flexibility index (Phi) is 11.9. The van der Waals surface area contributed by atoms with E-state index in [0.717, 1.165) is 0 Å². The highest BCUT2D eigenvalue weighted by molar-refractivity contribution is 5.65. The van der Waals surface area contributed by atoms with Crippen LogP contribution in [0.5, 0.6) is 0 Å². The molecule has 0 atom stereocenters. The van der Waals surface area contributed by atoms with Gasteiger partial charge in [0, 0.05) is 6.92 Å². The smallest absolute Gasteiger partial charge is 0.302 e. The lowest BCUT2D eigenvalue weighted by atomic mass is 10.8. The average Bonchev–Trinajstić information content (AvgIpc) is 1.67. The number of rotatable bonds is 1. The standard InChI is InChI=1S/C4H8O2.CH2N2/c1-3-6-4(2)5;2-1-3/h3H2,1-2H3;2-3H. The molecule has 0 rings (SSSR count). The Morgan fingerprint density at radius 1 is 1.67 bits per heavy atom. The molecule has 0 amide bonds. The van der Waals surface area contributed by atoms with Crippen LogP contribution in [0.2, 0.25) is 0 Å². The third-order valence-electron chi connectivity index (χ3n) is 0.348. The summed E-state index contributed by atoms with van der Waals surface area (Å²) in [7, 11) is 0. The van der Waals surface area contributed by atoms with Gasteiger partial charge in [-0.3, -0.25) is 4.79 Å². The minimum absolute atomic E-state index is 0.211. The number of hydrogen-bond acceptors (Lipinski definition) is 4. The van der Waals surface area contributed by atoms with E-state index < -0.39 is 0 Å². The van der Waals surface area contributed by atoms with Gasteiger partial charge >= 0.3 is 5.97 Å². The molecule has 0 fully saturated rings. The lowest BCUT2D eigenvalue weighted by Crippen LogP contribution is -1.95. The molecule has 0 unspecified atom stereocenters. The maximum atomic E-state index is 9.82. The molecule has 0 aliphatic carbocycles. The summed E-state index contributed by atoms with van der Waals surface area (Å²) in [5.74, 6) is -0.211. The highest BCUT2D eigenvalue weighted by Crippen LogP contribution is 1.69. The fourth-order valence-electron chi connectivity index (χ4n) is 0.203. The van der Waals surface area contributed by atoms with Crippen molar-refractivity contribution in [3.63, 3.8) is 0 Å². The van der Waals surface area contributed by atoms with Gasteiger partial charge in [-0.05, 0) is 6.92 Å². The van der Waals surface area contributed by atoms with E-state index in [2.05, 4.69) is 4.74 Å². The highest BCUT2D eigenvalue weighted by atomic mass is 16.5. The van der Waals surface area contributed by atoms with Gasteiger partial charge in [0.2, 0.25) is 0 Å². The zero-order chi connectivity index (χ0) is 7.70.